The summed E-state index contributed by atoms with van der Waals surface area (Å²) in [6.07, 6.45) is -0.868. The van der Waals surface area contributed by atoms with Gasteiger partial charge in [-0.2, -0.15) is 0 Å². The Morgan fingerprint density at radius 3 is 2.06 bits per heavy atom. The van der Waals surface area contributed by atoms with Crippen molar-refractivity contribution in [2.75, 3.05) is 26.4 Å². The van der Waals surface area contributed by atoms with E-state index >= 15 is 0 Å². The van der Waals surface area contributed by atoms with Crippen molar-refractivity contribution in [1.82, 2.24) is 5.32 Å². The Labute approximate surface area is 182 Å². The van der Waals surface area contributed by atoms with Gasteiger partial charge in [-0.05, 0) is 52.3 Å². The molecule has 0 aromatic heterocycles. The molecule has 1 unspecified atom stereocenters. The number of benzene rings is 1. The van der Waals surface area contributed by atoms with Crippen molar-refractivity contribution in [2.24, 2.45) is 0 Å². The van der Waals surface area contributed by atoms with Gasteiger partial charge in [0.1, 0.15) is 5.75 Å². The van der Waals surface area contributed by atoms with Crippen molar-refractivity contribution in [3.8, 4) is 5.75 Å². The Morgan fingerprint density at radius 2 is 1.55 bits per heavy atom. The Balaban J connectivity index is 2.79. The highest BCUT2D eigenvalue weighted by Gasteiger charge is 2.41. The van der Waals surface area contributed by atoms with Crippen LogP contribution in [0.5, 0.6) is 5.75 Å². The van der Waals surface area contributed by atoms with Crippen molar-refractivity contribution in [3.05, 3.63) is 52.4 Å². The quantitative estimate of drug-likeness (QED) is 0.429. The van der Waals surface area contributed by atoms with Crippen LogP contribution in [0.15, 0.2) is 46.8 Å². The number of hydrogen-bond acceptors (Lipinski definition) is 8. The average molecular weight is 434 g/mol. The molecule has 2 N–H and O–H groups in total. The summed E-state index contributed by atoms with van der Waals surface area (Å²) in [6, 6.07) is 6.41. The fourth-order valence-corrected chi connectivity index (χ4v) is 3.51. The number of ether oxygens (including phenoxy) is 4. The molecule has 1 aliphatic rings. The highest BCUT2D eigenvalue weighted by molar-refractivity contribution is 6.00. The van der Waals surface area contributed by atoms with E-state index in [9.17, 15) is 14.7 Å². The second-order valence-corrected chi connectivity index (χ2v) is 6.70. The number of aromatic hydroxyl groups is 1. The molecule has 0 fully saturated rings. The lowest BCUT2D eigenvalue weighted by Gasteiger charge is -2.34. The van der Waals surface area contributed by atoms with Crippen molar-refractivity contribution in [1.29, 1.82) is 0 Å². The van der Waals surface area contributed by atoms with Crippen LogP contribution in [0.2, 0.25) is 0 Å². The predicted octanol–water partition coefficient (Wildman–Crippen LogP) is 3.13. The summed E-state index contributed by atoms with van der Waals surface area (Å²) in [5.41, 5.74) is 1.83. The van der Waals surface area contributed by atoms with Crippen LogP contribution in [0.4, 0.5) is 0 Å². The molecule has 31 heavy (non-hydrogen) atoms. The molecule has 0 spiro atoms. The van der Waals surface area contributed by atoms with Crippen molar-refractivity contribution < 1.29 is 33.6 Å². The lowest BCUT2D eigenvalue weighted by atomic mass is 9.80. The minimum atomic E-state index is -0.868. The highest BCUT2D eigenvalue weighted by atomic mass is 16.7. The molecule has 8 nitrogen and oxygen atoms in total. The number of carbonyl (C=O) groups is 2. The molecule has 0 saturated heterocycles. The zero-order chi connectivity index (χ0) is 23.0. The van der Waals surface area contributed by atoms with Gasteiger partial charge in [0.15, 0.2) is 6.29 Å². The maximum Gasteiger partial charge on any atom is 0.336 e. The van der Waals surface area contributed by atoms with Crippen LogP contribution < -0.4 is 5.32 Å². The number of dihydropyridines is 1. The van der Waals surface area contributed by atoms with E-state index in [1.807, 2.05) is 13.8 Å². The van der Waals surface area contributed by atoms with Gasteiger partial charge in [0.05, 0.1) is 36.0 Å². The molecule has 0 saturated carbocycles. The van der Waals surface area contributed by atoms with Gasteiger partial charge in [0.2, 0.25) is 0 Å². The first-order valence-electron chi connectivity index (χ1n) is 10.5. The Morgan fingerprint density at radius 1 is 0.968 bits per heavy atom. The molecule has 0 amide bonds. The molecule has 170 valence electrons. The van der Waals surface area contributed by atoms with Gasteiger partial charge in [-0.15, -0.1) is 0 Å². The Bertz CT molecular complexity index is 853. The van der Waals surface area contributed by atoms with Crippen molar-refractivity contribution >= 4 is 11.9 Å². The number of phenolic OH excluding ortho intramolecular Hbond substituents is 1. The number of esters is 2. The van der Waals surface area contributed by atoms with E-state index in [1.54, 1.807) is 32.9 Å². The number of carbonyl (C=O) groups excluding carboxylic acids is 2. The van der Waals surface area contributed by atoms with E-state index in [-0.39, 0.29) is 30.1 Å². The van der Waals surface area contributed by atoms with E-state index in [0.29, 0.717) is 30.2 Å². The largest absolute Gasteiger partial charge is 0.508 e. The van der Waals surface area contributed by atoms with Crippen molar-refractivity contribution in [3.63, 3.8) is 0 Å². The highest BCUT2D eigenvalue weighted by Crippen LogP contribution is 2.41. The number of phenols is 1. The molecule has 1 aromatic rings. The summed E-state index contributed by atoms with van der Waals surface area (Å²) >= 11 is 0. The second-order valence-electron chi connectivity index (χ2n) is 6.70. The van der Waals surface area contributed by atoms with Gasteiger partial charge >= 0.3 is 11.9 Å². The van der Waals surface area contributed by atoms with Crippen LogP contribution in [-0.4, -0.2) is 49.8 Å². The van der Waals surface area contributed by atoms with Crippen LogP contribution in [0.3, 0.4) is 0 Å². The molecule has 8 heteroatoms. The molecule has 1 aromatic carbocycles. The fraction of sp³-hybridized carbons (Fsp3) is 0.478. The van der Waals surface area contributed by atoms with E-state index in [2.05, 4.69) is 5.32 Å². The van der Waals surface area contributed by atoms with Crippen LogP contribution in [0.1, 0.15) is 46.1 Å². The van der Waals surface area contributed by atoms with Crippen LogP contribution in [0, 0.1) is 0 Å². The minimum absolute atomic E-state index is 0.00724. The number of nitrogens with one attached hydrogen (secondary N) is 1. The van der Waals surface area contributed by atoms with Gasteiger partial charge in [-0.25, -0.2) is 9.59 Å². The van der Waals surface area contributed by atoms with Crippen LogP contribution in [-0.2, 0) is 28.5 Å². The molecule has 1 atom stereocenters. The molecule has 0 bridgehead atoms. The molecule has 0 aliphatic carbocycles. The summed E-state index contributed by atoms with van der Waals surface area (Å²) in [5, 5.41) is 13.2. The molecule has 1 heterocycles. The first kappa shape index (κ1) is 24.4. The summed E-state index contributed by atoms with van der Waals surface area (Å²) in [6.45, 7) is 9.78. The zero-order valence-electron chi connectivity index (χ0n) is 18.7. The maximum atomic E-state index is 13.2. The first-order valence-corrected chi connectivity index (χ1v) is 10.5. The van der Waals surface area contributed by atoms with Gasteiger partial charge < -0.3 is 29.4 Å². The van der Waals surface area contributed by atoms with E-state index < -0.39 is 24.1 Å². The van der Waals surface area contributed by atoms with Gasteiger partial charge in [-0.3, -0.25) is 0 Å². The fourth-order valence-electron chi connectivity index (χ4n) is 3.51. The number of rotatable bonds is 10. The summed E-state index contributed by atoms with van der Waals surface area (Å²) in [4.78, 5) is 26.1. The SMILES string of the molecule is CCOC(=O)C1=C(C)NC(C(OCC)OCC)=C(C(=O)OCC)C1c1cccc(O)c1. The van der Waals surface area contributed by atoms with E-state index in [0.717, 1.165) is 0 Å². The average Bonchev–Trinajstić information content (AvgIpc) is 2.73. The summed E-state index contributed by atoms with van der Waals surface area (Å²) < 4.78 is 22.1. The van der Waals surface area contributed by atoms with Gasteiger partial charge in [-0.1, -0.05) is 12.1 Å². The van der Waals surface area contributed by atoms with Gasteiger partial charge in [0, 0.05) is 18.9 Å². The third-order valence-electron chi connectivity index (χ3n) is 4.66. The third-order valence-corrected chi connectivity index (χ3v) is 4.66. The van der Waals surface area contributed by atoms with E-state index in [4.69, 9.17) is 18.9 Å². The second kappa shape index (κ2) is 11.5. The first-order chi connectivity index (χ1) is 14.9. The van der Waals surface area contributed by atoms with Gasteiger partial charge in [0.25, 0.3) is 0 Å². The zero-order valence-corrected chi connectivity index (χ0v) is 18.7. The number of hydrogen-bond donors (Lipinski definition) is 2. The Hall–Kier alpha value is -2.84. The normalized spacial score (nSPS) is 16.4. The van der Waals surface area contributed by atoms with Crippen LogP contribution in [0.25, 0.3) is 0 Å². The summed E-state index contributed by atoms with van der Waals surface area (Å²) in [7, 11) is 0. The summed E-state index contributed by atoms with van der Waals surface area (Å²) in [5.74, 6) is -2.01. The molecule has 0 radical (unpaired) electrons. The topological polar surface area (TPSA) is 103 Å². The predicted molar refractivity (Wildman–Crippen MR) is 114 cm³/mol. The van der Waals surface area contributed by atoms with E-state index in [1.165, 1.54) is 12.1 Å². The smallest absolute Gasteiger partial charge is 0.336 e. The molecule has 2 rings (SSSR count). The number of allylic oxidation sites excluding steroid dienone is 1. The Kier molecular flexibility index (Phi) is 9.08. The third kappa shape index (κ3) is 5.65. The molecular weight excluding hydrogens is 402 g/mol. The maximum absolute atomic E-state index is 13.2. The molecular formula is C23H31NO7. The standard InChI is InChI=1S/C23H31NO7/c1-6-28-21(26)17-14(5)24-20(23(30-8-3)31-9-4)19(22(27)29-7-2)18(17)15-11-10-12-16(25)13-15/h10-13,18,23-25H,6-9H2,1-5H3. The molecule has 1 aliphatic heterocycles. The van der Waals surface area contributed by atoms with Crippen molar-refractivity contribution in [2.45, 2.75) is 46.8 Å². The lowest BCUT2D eigenvalue weighted by Crippen LogP contribution is -2.39. The monoisotopic (exact) mass is 433 g/mol. The van der Waals surface area contributed by atoms with Crippen LogP contribution >= 0.6 is 0 Å². The lowest BCUT2D eigenvalue weighted by molar-refractivity contribution is -0.141. The minimum Gasteiger partial charge on any atom is -0.508 e.